The first-order valence-electron chi connectivity index (χ1n) is 4.78. The van der Waals surface area contributed by atoms with Crippen LogP contribution in [-0.2, 0) is 9.53 Å². The lowest BCUT2D eigenvalue weighted by Gasteiger charge is -2.31. The second-order valence-corrected chi connectivity index (χ2v) is 3.39. The van der Waals surface area contributed by atoms with Gasteiger partial charge in [-0.25, -0.2) is 0 Å². The van der Waals surface area contributed by atoms with Gasteiger partial charge in [0.05, 0.1) is 6.61 Å². The van der Waals surface area contributed by atoms with Crippen LogP contribution in [0, 0.1) is 0 Å². The molecule has 0 aliphatic carbocycles. The van der Waals surface area contributed by atoms with E-state index in [1.54, 1.807) is 7.11 Å². The van der Waals surface area contributed by atoms with E-state index in [0.29, 0.717) is 6.04 Å². The molecule has 1 aliphatic heterocycles. The lowest BCUT2D eigenvalue weighted by molar-refractivity contribution is -0.110. The number of ether oxygens (including phenoxy) is 1. The van der Waals surface area contributed by atoms with Gasteiger partial charge in [-0.2, -0.15) is 0 Å². The minimum absolute atomic E-state index is 0.385. The van der Waals surface area contributed by atoms with Gasteiger partial charge in [0.25, 0.3) is 0 Å². The Morgan fingerprint density at radius 2 is 2.23 bits per heavy atom. The number of methoxy groups -OCH3 is 1. The molecule has 0 radical (unpaired) electrons. The fourth-order valence-electron chi connectivity index (χ4n) is 1.64. The number of amides is 1. The van der Waals surface area contributed by atoms with Crippen LogP contribution >= 0.6 is 0 Å². The first-order chi connectivity index (χ1) is 6.36. The van der Waals surface area contributed by atoms with Gasteiger partial charge < -0.3 is 15.0 Å². The average Bonchev–Trinajstić information content (AvgIpc) is 2.17. The summed E-state index contributed by atoms with van der Waals surface area (Å²) >= 11 is 0. The highest BCUT2D eigenvalue weighted by molar-refractivity contribution is 5.46. The molecule has 0 saturated carbocycles. The van der Waals surface area contributed by atoms with Crippen molar-refractivity contribution in [2.24, 2.45) is 0 Å². The van der Waals surface area contributed by atoms with E-state index in [-0.39, 0.29) is 0 Å². The zero-order chi connectivity index (χ0) is 9.52. The van der Waals surface area contributed by atoms with Crippen molar-refractivity contribution in [3.05, 3.63) is 0 Å². The number of piperidine rings is 1. The fraction of sp³-hybridized carbons (Fsp3) is 0.889. The molecular formula is C9H18N2O2. The number of carbonyl (C=O) groups excluding carboxylic acids is 1. The predicted octanol–water partition coefficient (Wildman–Crippen LogP) is -0.157. The zero-order valence-electron chi connectivity index (χ0n) is 8.16. The van der Waals surface area contributed by atoms with Gasteiger partial charge in [0, 0.05) is 32.8 Å². The molecule has 0 unspecified atom stereocenters. The summed E-state index contributed by atoms with van der Waals surface area (Å²) in [4.78, 5) is 12.5. The normalized spacial score (nSPS) is 20.1. The predicted molar refractivity (Wildman–Crippen MR) is 50.5 cm³/mol. The van der Waals surface area contributed by atoms with Gasteiger partial charge in [0.2, 0.25) is 6.41 Å². The van der Waals surface area contributed by atoms with Crippen LogP contribution in [0.25, 0.3) is 0 Å². The van der Waals surface area contributed by atoms with Crippen LogP contribution in [0.5, 0.6) is 0 Å². The van der Waals surface area contributed by atoms with Crippen molar-refractivity contribution >= 4 is 6.41 Å². The molecule has 13 heavy (non-hydrogen) atoms. The highest BCUT2D eigenvalue weighted by atomic mass is 16.5. The number of nitrogens with one attached hydrogen (secondary N) is 1. The molecule has 1 aliphatic rings. The summed E-state index contributed by atoms with van der Waals surface area (Å²) < 4.78 is 5.01. The second kappa shape index (κ2) is 5.94. The Kier molecular flexibility index (Phi) is 4.78. The van der Waals surface area contributed by atoms with Gasteiger partial charge in [-0.05, 0) is 12.8 Å². The number of nitrogens with zero attached hydrogens (tertiary/aromatic N) is 1. The third-order valence-corrected chi connectivity index (χ3v) is 2.50. The van der Waals surface area contributed by atoms with Crippen LogP contribution in [0.15, 0.2) is 0 Å². The first kappa shape index (κ1) is 10.5. The maximum atomic E-state index is 10.2. The van der Waals surface area contributed by atoms with Crippen LogP contribution in [0.2, 0.25) is 0 Å². The highest BCUT2D eigenvalue weighted by Crippen LogP contribution is 2.08. The molecule has 4 nitrogen and oxygen atoms in total. The number of likely N-dealkylation sites (tertiary alicyclic amines) is 1. The molecule has 76 valence electrons. The van der Waals surface area contributed by atoms with Crippen molar-refractivity contribution in [3.8, 4) is 0 Å². The van der Waals surface area contributed by atoms with E-state index in [0.717, 1.165) is 45.5 Å². The van der Waals surface area contributed by atoms with Crippen molar-refractivity contribution in [1.29, 1.82) is 0 Å². The summed E-state index contributed by atoms with van der Waals surface area (Å²) in [7, 11) is 1.72. The molecule has 0 atom stereocenters. The minimum atomic E-state index is 0.385. The Morgan fingerprint density at radius 1 is 1.54 bits per heavy atom. The maximum absolute atomic E-state index is 10.2. The summed E-state index contributed by atoms with van der Waals surface area (Å²) in [6.45, 7) is 3.93. The van der Waals surface area contributed by atoms with E-state index < -0.39 is 0 Å². The molecule has 0 aromatic rings. The van der Waals surface area contributed by atoms with Gasteiger partial charge in [-0.15, -0.1) is 0 Å². The lowest BCUT2D eigenvalue weighted by atomic mass is 10.1. The fourth-order valence-corrected chi connectivity index (χ4v) is 1.64. The van der Waals surface area contributed by atoms with Crippen molar-refractivity contribution in [3.63, 3.8) is 0 Å². The molecule has 0 aromatic carbocycles. The SMILES string of the molecule is COCCN1CCC(NC=O)CC1. The summed E-state index contributed by atoms with van der Waals surface area (Å²) in [5.74, 6) is 0. The Morgan fingerprint density at radius 3 is 2.77 bits per heavy atom. The molecule has 0 aromatic heterocycles. The van der Waals surface area contributed by atoms with Crippen LogP contribution in [-0.4, -0.2) is 50.7 Å². The number of rotatable bonds is 5. The van der Waals surface area contributed by atoms with Crippen LogP contribution in [0.4, 0.5) is 0 Å². The summed E-state index contributed by atoms with van der Waals surface area (Å²) in [5, 5.41) is 2.82. The molecule has 1 fully saturated rings. The smallest absolute Gasteiger partial charge is 0.207 e. The van der Waals surface area contributed by atoms with Crippen molar-refractivity contribution in [2.75, 3.05) is 33.4 Å². The van der Waals surface area contributed by atoms with E-state index in [2.05, 4.69) is 10.2 Å². The Hall–Kier alpha value is -0.610. The van der Waals surface area contributed by atoms with Crippen molar-refractivity contribution < 1.29 is 9.53 Å². The molecule has 1 rings (SSSR count). The van der Waals surface area contributed by atoms with E-state index in [9.17, 15) is 4.79 Å². The molecule has 0 spiro atoms. The van der Waals surface area contributed by atoms with Crippen molar-refractivity contribution in [2.45, 2.75) is 18.9 Å². The Labute approximate surface area is 79.2 Å². The highest BCUT2D eigenvalue weighted by Gasteiger charge is 2.17. The van der Waals surface area contributed by atoms with Gasteiger partial charge >= 0.3 is 0 Å². The van der Waals surface area contributed by atoms with Crippen LogP contribution < -0.4 is 5.32 Å². The number of carbonyl (C=O) groups is 1. The second-order valence-electron chi connectivity index (χ2n) is 3.39. The van der Waals surface area contributed by atoms with E-state index >= 15 is 0 Å². The van der Waals surface area contributed by atoms with Gasteiger partial charge in [-0.1, -0.05) is 0 Å². The first-order valence-corrected chi connectivity index (χ1v) is 4.78. The molecule has 1 saturated heterocycles. The summed E-state index contributed by atoms with van der Waals surface area (Å²) in [6, 6.07) is 0.385. The zero-order valence-corrected chi connectivity index (χ0v) is 8.16. The minimum Gasteiger partial charge on any atom is -0.383 e. The van der Waals surface area contributed by atoms with Crippen molar-refractivity contribution in [1.82, 2.24) is 10.2 Å². The Bertz CT molecular complexity index is 145. The lowest BCUT2D eigenvalue weighted by Crippen LogP contribution is -2.43. The molecule has 0 bridgehead atoms. The van der Waals surface area contributed by atoms with Gasteiger partial charge in [-0.3, -0.25) is 4.79 Å². The average molecular weight is 186 g/mol. The number of hydrogen-bond donors (Lipinski definition) is 1. The quantitative estimate of drug-likeness (QED) is 0.607. The molecule has 1 amide bonds. The molecule has 1 N–H and O–H groups in total. The third kappa shape index (κ3) is 3.74. The van der Waals surface area contributed by atoms with Crippen LogP contribution in [0.3, 0.4) is 0 Å². The van der Waals surface area contributed by atoms with E-state index in [1.807, 2.05) is 0 Å². The van der Waals surface area contributed by atoms with Crippen LogP contribution in [0.1, 0.15) is 12.8 Å². The topological polar surface area (TPSA) is 41.6 Å². The summed E-state index contributed by atoms with van der Waals surface area (Å²) in [6.07, 6.45) is 2.92. The molecule has 4 heteroatoms. The number of hydrogen-bond acceptors (Lipinski definition) is 3. The monoisotopic (exact) mass is 186 g/mol. The van der Waals surface area contributed by atoms with E-state index in [4.69, 9.17) is 4.74 Å². The maximum Gasteiger partial charge on any atom is 0.207 e. The van der Waals surface area contributed by atoms with E-state index in [1.165, 1.54) is 0 Å². The standard InChI is InChI=1S/C9H18N2O2/c1-13-7-6-11-4-2-9(3-5-11)10-8-12/h8-9H,2-7H2,1H3,(H,10,12). The summed E-state index contributed by atoms with van der Waals surface area (Å²) in [5.41, 5.74) is 0. The molecule has 1 heterocycles. The van der Waals surface area contributed by atoms with Gasteiger partial charge in [0.15, 0.2) is 0 Å². The Balaban J connectivity index is 2.11. The molecular weight excluding hydrogens is 168 g/mol. The third-order valence-electron chi connectivity index (χ3n) is 2.50. The largest absolute Gasteiger partial charge is 0.383 e. The van der Waals surface area contributed by atoms with Gasteiger partial charge in [0.1, 0.15) is 0 Å².